The van der Waals surface area contributed by atoms with Gasteiger partial charge in [0, 0.05) is 19.5 Å². The smallest absolute Gasteiger partial charge is 0.406 e. The summed E-state index contributed by atoms with van der Waals surface area (Å²) in [6, 6.07) is 0. The maximum Gasteiger partial charge on any atom is 0.406 e. The maximum absolute atomic E-state index is 11.5. The first kappa shape index (κ1) is 20.7. The average Bonchev–Trinajstić information content (AvgIpc) is 2.53. The first-order valence-corrected chi connectivity index (χ1v) is 7.94. The molecule has 0 saturated carbocycles. The lowest BCUT2D eigenvalue weighted by molar-refractivity contribution is -0.121. The molecule has 7 nitrogen and oxygen atoms in total. The number of alkyl carbamates (subject to hydrolysis) is 1. The van der Waals surface area contributed by atoms with E-state index in [1.54, 1.807) is 0 Å². The molecule has 0 aliphatic rings. The normalized spacial score (nSPS) is 10.3. The Bertz CT molecular complexity index is 287. The average molecular weight is 318 g/mol. The SMILES string of the molecule is CCCCCCC(=O)NCCOCCOCCNC(=O)OC. The van der Waals surface area contributed by atoms with Gasteiger partial charge in [0.2, 0.25) is 5.91 Å². The fourth-order valence-electron chi connectivity index (χ4n) is 1.68. The van der Waals surface area contributed by atoms with Crippen molar-refractivity contribution in [1.82, 2.24) is 10.6 Å². The summed E-state index contributed by atoms with van der Waals surface area (Å²) in [4.78, 5) is 22.2. The Hall–Kier alpha value is -1.34. The Kier molecular flexibility index (Phi) is 15.1. The molecule has 0 aliphatic carbocycles. The molecular formula is C15H30N2O5. The van der Waals surface area contributed by atoms with Crippen LogP contribution in [-0.4, -0.2) is 58.6 Å². The van der Waals surface area contributed by atoms with Crippen LogP contribution >= 0.6 is 0 Å². The summed E-state index contributed by atoms with van der Waals surface area (Å²) < 4.78 is 15.0. The molecule has 0 fully saturated rings. The summed E-state index contributed by atoms with van der Waals surface area (Å²) in [6.45, 7) is 4.88. The summed E-state index contributed by atoms with van der Waals surface area (Å²) in [6.07, 6.45) is 4.56. The summed E-state index contributed by atoms with van der Waals surface area (Å²) >= 11 is 0. The number of hydrogen-bond acceptors (Lipinski definition) is 5. The van der Waals surface area contributed by atoms with Crippen molar-refractivity contribution in [1.29, 1.82) is 0 Å². The van der Waals surface area contributed by atoms with Crippen LogP contribution in [0.2, 0.25) is 0 Å². The van der Waals surface area contributed by atoms with E-state index in [-0.39, 0.29) is 5.91 Å². The lowest BCUT2D eigenvalue weighted by atomic mass is 10.1. The number of carbonyl (C=O) groups is 2. The van der Waals surface area contributed by atoms with Gasteiger partial charge in [-0.25, -0.2) is 4.79 Å². The Morgan fingerprint density at radius 2 is 1.50 bits per heavy atom. The van der Waals surface area contributed by atoms with Crippen LogP contribution in [0.5, 0.6) is 0 Å². The fourth-order valence-corrected chi connectivity index (χ4v) is 1.68. The molecule has 0 spiro atoms. The second kappa shape index (κ2) is 16.0. The molecule has 2 N–H and O–H groups in total. The molecule has 0 heterocycles. The van der Waals surface area contributed by atoms with Gasteiger partial charge in [-0.3, -0.25) is 4.79 Å². The topological polar surface area (TPSA) is 85.9 Å². The molecule has 0 aliphatic heterocycles. The van der Waals surface area contributed by atoms with Gasteiger partial charge < -0.3 is 24.8 Å². The van der Waals surface area contributed by atoms with Gasteiger partial charge in [-0.05, 0) is 6.42 Å². The largest absolute Gasteiger partial charge is 0.453 e. The highest BCUT2D eigenvalue weighted by atomic mass is 16.5. The van der Waals surface area contributed by atoms with Crippen molar-refractivity contribution in [2.75, 3.05) is 46.6 Å². The van der Waals surface area contributed by atoms with Crippen molar-refractivity contribution >= 4 is 12.0 Å². The van der Waals surface area contributed by atoms with E-state index in [4.69, 9.17) is 9.47 Å². The number of unbranched alkanes of at least 4 members (excludes halogenated alkanes) is 3. The van der Waals surface area contributed by atoms with Crippen LogP contribution in [-0.2, 0) is 19.0 Å². The van der Waals surface area contributed by atoms with Crippen LogP contribution in [0.4, 0.5) is 4.79 Å². The van der Waals surface area contributed by atoms with E-state index in [9.17, 15) is 9.59 Å². The van der Waals surface area contributed by atoms with Gasteiger partial charge in [0.1, 0.15) is 0 Å². The molecule has 2 amide bonds. The van der Waals surface area contributed by atoms with E-state index in [1.807, 2.05) is 0 Å². The number of hydrogen-bond donors (Lipinski definition) is 2. The van der Waals surface area contributed by atoms with Gasteiger partial charge in [0.25, 0.3) is 0 Å². The van der Waals surface area contributed by atoms with Crippen LogP contribution in [0.15, 0.2) is 0 Å². The maximum atomic E-state index is 11.5. The number of nitrogens with one attached hydrogen (secondary N) is 2. The zero-order valence-electron chi connectivity index (χ0n) is 13.8. The van der Waals surface area contributed by atoms with Gasteiger partial charge in [-0.2, -0.15) is 0 Å². The molecule has 0 aromatic heterocycles. The summed E-state index contributed by atoms with van der Waals surface area (Å²) in [5, 5.41) is 5.33. The summed E-state index contributed by atoms with van der Waals surface area (Å²) in [7, 11) is 1.31. The number of carbonyl (C=O) groups excluding carboxylic acids is 2. The molecule has 130 valence electrons. The monoisotopic (exact) mass is 318 g/mol. The molecule has 0 saturated heterocycles. The van der Waals surface area contributed by atoms with Crippen LogP contribution in [0, 0.1) is 0 Å². The number of ether oxygens (including phenoxy) is 3. The molecular weight excluding hydrogens is 288 g/mol. The van der Waals surface area contributed by atoms with Crippen molar-refractivity contribution in [3.05, 3.63) is 0 Å². The van der Waals surface area contributed by atoms with Crippen molar-refractivity contribution in [3.8, 4) is 0 Å². The third-order valence-electron chi connectivity index (χ3n) is 2.90. The quantitative estimate of drug-likeness (QED) is 0.474. The summed E-state index contributed by atoms with van der Waals surface area (Å²) in [5.74, 6) is 0.0878. The van der Waals surface area contributed by atoms with Crippen LogP contribution in [0.3, 0.4) is 0 Å². The molecule has 0 aromatic carbocycles. The highest BCUT2D eigenvalue weighted by molar-refractivity contribution is 5.75. The number of rotatable bonds is 14. The van der Waals surface area contributed by atoms with Gasteiger partial charge in [0.15, 0.2) is 0 Å². The Labute approximate surface area is 133 Å². The standard InChI is InChI=1S/C15H30N2O5/c1-3-4-5-6-7-14(18)16-8-10-21-12-13-22-11-9-17-15(19)20-2/h3-13H2,1-2H3,(H,16,18)(H,17,19). The molecule has 0 atom stereocenters. The van der Waals surface area contributed by atoms with E-state index in [0.717, 1.165) is 12.8 Å². The summed E-state index contributed by atoms with van der Waals surface area (Å²) in [5.41, 5.74) is 0. The lowest BCUT2D eigenvalue weighted by Gasteiger charge is -2.07. The third kappa shape index (κ3) is 15.1. The van der Waals surface area contributed by atoms with Crippen LogP contribution in [0.25, 0.3) is 0 Å². The number of amides is 2. The minimum absolute atomic E-state index is 0.0878. The first-order valence-electron chi connectivity index (χ1n) is 7.94. The highest BCUT2D eigenvalue weighted by Gasteiger charge is 2.00. The Morgan fingerprint density at radius 3 is 2.09 bits per heavy atom. The van der Waals surface area contributed by atoms with E-state index < -0.39 is 6.09 Å². The van der Waals surface area contributed by atoms with E-state index >= 15 is 0 Å². The Balaban J connectivity index is 3.16. The van der Waals surface area contributed by atoms with Crippen molar-refractivity contribution in [3.63, 3.8) is 0 Å². The first-order chi connectivity index (χ1) is 10.7. The van der Waals surface area contributed by atoms with E-state index in [1.165, 1.54) is 20.0 Å². The van der Waals surface area contributed by atoms with Gasteiger partial charge >= 0.3 is 6.09 Å². The predicted octanol–water partition coefficient (Wildman–Crippen LogP) is 1.46. The zero-order valence-corrected chi connectivity index (χ0v) is 13.8. The lowest BCUT2D eigenvalue weighted by Crippen LogP contribution is -2.28. The molecule has 0 rings (SSSR count). The predicted molar refractivity (Wildman–Crippen MR) is 83.8 cm³/mol. The molecule has 0 bridgehead atoms. The van der Waals surface area contributed by atoms with Crippen molar-refractivity contribution in [2.45, 2.75) is 39.0 Å². The molecule has 7 heteroatoms. The van der Waals surface area contributed by atoms with E-state index in [2.05, 4.69) is 22.3 Å². The minimum Gasteiger partial charge on any atom is -0.453 e. The minimum atomic E-state index is -0.467. The zero-order chi connectivity index (χ0) is 16.5. The molecule has 22 heavy (non-hydrogen) atoms. The fraction of sp³-hybridized carbons (Fsp3) is 0.867. The molecule has 0 aromatic rings. The van der Waals surface area contributed by atoms with Crippen LogP contribution < -0.4 is 10.6 Å². The van der Waals surface area contributed by atoms with Crippen LogP contribution in [0.1, 0.15) is 39.0 Å². The van der Waals surface area contributed by atoms with Gasteiger partial charge in [-0.15, -0.1) is 0 Å². The second-order valence-corrected chi connectivity index (χ2v) is 4.80. The Morgan fingerprint density at radius 1 is 0.864 bits per heavy atom. The van der Waals surface area contributed by atoms with Crippen molar-refractivity contribution < 1.29 is 23.8 Å². The third-order valence-corrected chi connectivity index (χ3v) is 2.90. The molecule has 0 radical (unpaired) electrons. The van der Waals surface area contributed by atoms with Crippen molar-refractivity contribution in [2.24, 2.45) is 0 Å². The highest BCUT2D eigenvalue weighted by Crippen LogP contribution is 2.01. The number of methoxy groups -OCH3 is 1. The van der Waals surface area contributed by atoms with Gasteiger partial charge in [-0.1, -0.05) is 26.2 Å². The second-order valence-electron chi connectivity index (χ2n) is 4.80. The van der Waals surface area contributed by atoms with E-state index in [0.29, 0.717) is 45.9 Å². The molecule has 0 unspecified atom stereocenters. The van der Waals surface area contributed by atoms with Gasteiger partial charge in [0.05, 0.1) is 33.5 Å².